The second kappa shape index (κ2) is 5.71. The van der Waals surface area contributed by atoms with Gasteiger partial charge in [0.05, 0.1) is 0 Å². The molecule has 0 aromatic heterocycles. The van der Waals surface area contributed by atoms with Gasteiger partial charge in [-0.25, -0.2) is 0 Å². The molecule has 1 aliphatic rings. The normalized spacial score (nSPS) is 23.7. The smallest absolute Gasteiger partial charge is 0.248 e. The average Bonchev–Trinajstić information content (AvgIpc) is 2.34. The lowest BCUT2D eigenvalue weighted by Gasteiger charge is -2.30. The first kappa shape index (κ1) is 13.4. The average molecular weight is 312 g/mol. The van der Waals surface area contributed by atoms with Crippen LogP contribution in [0.2, 0.25) is 0 Å². The number of halogens is 1. The highest BCUT2D eigenvalue weighted by atomic mass is 79.9. The number of amides is 1. The van der Waals surface area contributed by atoms with Crippen LogP contribution in [0, 0.1) is 0 Å². The van der Waals surface area contributed by atoms with Crippen LogP contribution in [0.3, 0.4) is 0 Å². The molecule has 1 aromatic carbocycles. The van der Waals surface area contributed by atoms with Crippen molar-refractivity contribution in [3.8, 4) is 0 Å². The molecule has 0 saturated heterocycles. The Morgan fingerprint density at radius 3 is 2.67 bits per heavy atom. The van der Waals surface area contributed by atoms with E-state index in [2.05, 4.69) is 21.2 Å². The number of primary amides is 1. The van der Waals surface area contributed by atoms with Gasteiger partial charge in [0, 0.05) is 27.8 Å². The van der Waals surface area contributed by atoms with Gasteiger partial charge in [-0.05, 0) is 47.0 Å². The Balaban J connectivity index is 2.11. The van der Waals surface area contributed by atoms with Gasteiger partial charge in [0.2, 0.25) is 5.91 Å². The van der Waals surface area contributed by atoms with Crippen molar-refractivity contribution < 1.29 is 4.79 Å². The van der Waals surface area contributed by atoms with Crippen molar-refractivity contribution in [2.45, 2.75) is 37.8 Å². The third-order valence-electron chi connectivity index (χ3n) is 3.41. The number of benzene rings is 1. The maximum Gasteiger partial charge on any atom is 0.248 e. The number of rotatable bonds is 3. The predicted molar refractivity (Wildman–Crippen MR) is 76.5 cm³/mol. The van der Waals surface area contributed by atoms with Gasteiger partial charge in [0.25, 0.3) is 0 Å². The zero-order chi connectivity index (χ0) is 13.1. The summed E-state index contributed by atoms with van der Waals surface area (Å²) in [7, 11) is 0. The van der Waals surface area contributed by atoms with Crippen molar-refractivity contribution in [1.82, 2.24) is 0 Å². The van der Waals surface area contributed by atoms with E-state index in [1.165, 1.54) is 12.8 Å². The fourth-order valence-electron chi connectivity index (χ4n) is 2.32. The molecule has 1 aliphatic carbocycles. The van der Waals surface area contributed by atoms with Gasteiger partial charge < -0.3 is 16.8 Å². The minimum atomic E-state index is -0.420. The molecule has 0 bridgehead atoms. The molecular formula is C13H18BrN3O. The van der Waals surface area contributed by atoms with Crippen LogP contribution < -0.4 is 16.8 Å². The van der Waals surface area contributed by atoms with Crippen molar-refractivity contribution in [3.05, 3.63) is 28.2 Å². The molecule has 1 fully saturated rings. The summed E-state index contributed by atoms with van der Waals surface area (Å²) >= 11 is 3.45. The van der Waals surface area contributed by atoms with E-state index in [4.69, 9.17) is 11.5 Å². The highest BCUT2D eigenvalue weighted by molar-refractivity contribution is 9.10. The number of carbonyl (C=O) groups excluding carboxylic acids is 1. The van der Waals surface area contributed by atoms with Crippen molar-refractivity contribution in [3.63, 3.8) is 0 Å². The number of hydrogen-bond donors (Lipinski definition) is 3. The standard InChI is InChI=1S/C13H18BrN3O/c14-9-7-8(13(16)18)5-6-11(9)17-12-4-2-1-3-10(12)15/h5-7,10,12,17H,1-4,15H2,(H2,16,18)/t10-,12-/m1/s1. The van der Waals surface area contributed by atoms with Gasteiger partial charge in [-0.2, -0.15) is 0 Å². The largest absolute Gasteiger partial charge is 0.380 e. The van der Waals surface area contributed by atoms with Gasteiger partial charge in [0.15, 0.2) is 0 Å². The van der Waals surface area contributed by atoms with Crippen LogP contribution in [0.15, 0.2) is 22.7 Å². The minimum absolute atomic E-state index is 0.196. The highest BCUT2D eigenvalue weighted by Gasteiger charge is 2.22. The second-order valence-electron chi connectivity index (χ2n) is 4.76. The Kier molecular flexibility index (Phi) is 4.24. The molecule has 1 amide bonds. The van der Waals surface area contributed by atoms with Crippen LogP contribution in [-0.4, -0.2) is 18.0 Å². The minimum Gasteiger partial charge on any atom is -0.380 e. The van der Waals surface area contributed by atoms with Crippen LogP contribution in [0.4, 0.5) is 5.69 Å². The molecule has 0 aliphatic heterocycles. The van der Waals surface area contributed by atoms with Gasteiger partial charge in [-0.15, -0.1) is 0 Å². The molecule has 0 radical (unpaired) electrons. The van der Waals surface area contributed by atoms with E-state index in [0.29, 0.717) is 11.6 Å². The third-order valence-corrected chi connectivity index (χ3v) is 4.07. The van der Waals surface area contributed by atoms with E-state index in [9.17, 15) is 4.79 Å². The maximum absolute atomic E-state index is 11.1. The Hall–Kier alpha value is -1.07. The van der Waals surface area contributed by atoms with Crippen LogP contribution in [0.5, 0.6) is 0 Å². The number of nitrogens with two attached hydrogens (primary N) is 2. The Bertz CT molecular complexity index is 450. The lowest BCUT2D eigenvalue weighted by molar-refractivity contribution is 0.100. The summed E-state index contributed by atoms with van der Waals surface area (Å²) in [5.41, 5.74) is 12.8. The number of anilines is 1. The number of carbonyl (C=O) groups is 1. The number of hydrogen-bond acceptors (Lipinski definition) is 3. The molecule has 2 atom stereocenters. The summed E-state index contributed by atoms with van der Waals surface area (Å²) < 4.78 is 0.844. The van der Waals surface area contributed by atoms with Gasteiger partial charge in [-0.1, -0.05) is 12.8 Å². The van der Waals surface area contributed by atoms with E-state index < -0.39 is 5.91 Å². The fourth-order valence-corrected chi connectivity index (χ4v) is 2.82. The molecule has 4 nitrogen and oxygen atoms in total. The first-order valence-electron chi connectivity index (χ1n) is 6.19. The van der Waals surface area contributed by atoms with E-state index >= 15 is 0 Å². The molecule has 1 aromatic rings. The van der Waals surface area contributed by atoms with Gasteiger partial charge in [-0.3, -0.25) is 4.79 Å². The first-order valence-corrected chi connectivity index (χ1v) is 6.98. The molecule has 0 spiro atoms. The molecule has 1 saturated carbocycles. The quantitative estimate of drug-likeness (QED) is 0.800. The van der Waals surface area contributed by atoms with Crippen molar-refractivity contribution >= 4 is 27.5 Å². The summed E-state index contributed by atoms with van der Waals surface area (Å²) in [6, 6.07) is 5.82. The number of nitrogens with one attached hydrogen (secondary N) is 1. The van der Waals surface area contributed by atoms with Crippen LogP contribution >= 0.6 is 15.9 Å². The van der Waals surface area contributed by atoms with Gasteiger partial charge in [0.1, 0.15) is 0 Å². The third kappa shape index (κ3) is 3.03. The Morgan fingerprint density at radius 1 is 1.33 bits per heavy atom. The van der Waals surface area contributed by atoms with Crippen LogP contribution in [-0.2, 0) is 0 Å². The molecule has 18 heavy (non-hydrogen) atoms. The van der Waals surface area contributed by atoms with Crippen molar-refractivity contribution in [2.24, 2.45) is 11.5 Å². The zero-order valence-corrected chi connectivity index (χ0v) is 11.7. The summed E-state index contributed by atoms with van der Waals surface area (Å²) in [5.74, 6) is -0.420. The molecule has 5 N–H and O–H groups in total. The fraction of sp³-hybridized carbons (Fsp3) is 0.462. The molecule has 2 rings (SSSR count). The summed E-state index contributed by atoms with van der Waals surface area (Å²) in [4.78, 5) is 11.1. The topological polar surface area (TPSA) is 81.1 Å². The maximum atomic E-state index is 11.1. The predicted octanol–water partition coefficient (Wildman–Crippen LogP) is 2.23. The molecule has 5 heteroatoms. The SMILES string of the molecule is NC(=O)c1ccc(N[C@@H]2CCCC[C@H]2N)c(Br)c1. The van der Waals surface area contributed by atoms with E-state index in [1.54, 1.807) is 12.1 Å². The van der Waals surface area contributed by atoms with Crippen molar-refractivity contribution in [2.75, 3.05) is 5.32 Å². The van der Waals surface area contributed by atoms with Crippen LogP contribution in [0.1, 0.15) is 36.0 Å². The molecule has 0 heterocycles. The van der Waals surface area contributed by atoms with Crippen molar-refractivity contribution in [1.29, 1.82) is 0 Å². The van der Waals surface area contributed by atoms with E-state index in [1.807, 2.05) is 6.07 Å². The van der Waals surface area contributed by atoms with E-state index in [0.717, 1.165) is 23.0 Å². The first-order chi connectivity index (χ1) is 8.58. The summed E-state index contributed by atoms with van der Waals surface area (Å²) in [5, 5.41) is 3.44. The Morgan fingerprint density at radius 2 is 2.06 bits per heavy atom. The lowest BCUT2D eigenvalue weighted by atomic mass is 9.91. The Labute approximate surface area is 115 Å². The van der Waals surface area contributed by atoms with Gasteiger partial charge >= 0.3 is 0 Å². The lowest BCUT2D eigenvalue weighted by Crippen LogP contribution is -2.42. The van der Waals surface area contributed by atoms with E-state index in [-0.39, 0.29) is 6.04 Å². The summed E-state index contributed by atoms with van der Waals surface area (Å²) in [6.07, 6.45) is 4.57. The second-order valence-corrected chi connectivity index (χ2v) is 5.61. The molecule has 0 unspecified atom stereocenters. The highest BCUT2D eigenvalue weighted by Crippen LogP contribution is 2.27. The zero-order valence-electron chi connectivity index (χ0n) is 10.2. The molecule has 98 valence electrons. The van der Waals surface area contributed by atoms with Crippen LogP contribution in [0.25, 0.3) is 0 Å². The summed E-state index contributed by atoms with van der Waals surface area (Å²) in [6.45, 7) is 0. The molecular weight excluding hydrogens is 294 g/mol. The monoisotopic (exact) mass is 311 g/mol.